The highest BCUT2D eigenvalue weighted by molar-refractivity contribution is 5.68. The van der Waals surface area contributed by atoms with Crippen LogP contribution in [0, 0.1) is 6.92 Å². The van der Waals surface area contributed by atoms with E-state index in [2.05, 4.69) is 42.2 Å². The van der Waals surface area contributed by atoms with E-state index in [0.717, 1.165) is 42.7 Å². The molecule has 1 aliphatic rings. The summed E-state index contributed by atoms with van der Waals surface area (Å²) in [5, 5.41) is 9.41. The molecule has 0 radical (unpaired) electrons. The van der Waals surface area contributed by atoms with Crippen LogP contribution in [0.15, 0.2) is 60.8 Å². The molecule has 0 aliphatic heterocycles. The molecule has 0 bridgehead atoms. The van der Waals surface area contributed by atoms with Crippen LogP contribution in [-0.2, 0) is 24.1 Å². The minimum Gasteiger partial charge on any atom is -0.494 e. The molecule has 1 unspecified atom stereocenters. The number of fused-ring (bicyclic) bond motifs is 2. The fraction of sp³-hybridized carbons (Fsp3) is 0.308. The first-order valence-electron chi connectivity index (χ1n) is 10.5. The van der Waals surface area contributed by atoms with Gasteiger partial charge in [-0.2, -0.15) is 0 Å². The molecule has 2 aromatic carbocycles. The van der Waals surface area contributed by atoms with Gasteiger partial charge in [-0.05, 0) is 90.6 Å². The maximum Gasteiger partial charge on any atom is 0.303 e. The van der Waals surface area contributed by atoms with E-state index in [1.165, 1.54) is 22.3 Å². The number of hydrogen-bond donors (Lipinski definition) is 1. The van der Waals surface area contributed by atoms with Crippen LogP contribution in [0.1, 0.15) is 52.3 Å². The lowest BCUT2D eigenvalue weighted by Crippen LogP contribution is -2.09. The Hall–Kier alpha value is -3.14. The van der Waals surface area contributed by atoms with Crippen LogP contribution < -0.4 is 4.74 Å². The summed E-state index contributed by atoms with van der Waals surface area (Å²) in [6.07, 6.45) is 5.35. The molecule has 0 amide bonds. The SMILES string of the molecule is Cc1ccnc(CCCOc2ccc3c(c2)CC(CC(=O)O)c2ccccc2C3)c1. The van der Waals surface area contributed by atoms with Crippen molar-refractivity contribution in [2.75, 3.05) is 6.61 Å². The zero-order valence-electron chi connectivity index (χ0n) is 17.3. The van der Waals surface area contributed by atoms with Crippen LogP contribution >= 0.6 is 0 Å². The number of hydrogen-bond acceptors (Lipinski definition) is 3. The number of aliphatic carboxylic acids is 1. The molecule has 3 aromatic rings. The van der Waals surface area contributed by atoms with Gasteiger partial charge in [0, 0.05) is 11.9 Å². The van der Waals surface area contributed by atoms with Gasteiger partial charge in [0.05, 0.1) is 13.0 Å². The fourth-order valence-electron chi connectivity index (χ4n) is 4.30. The van der Waals surface area contributed by atoms with Crippen LogP contribution in [0.25, 0.3) is 0 Å². The summed E-state index contributed by atoms with van der Waals surface area (Å²) < 4.78 is 6.01. The molecule has 30 heavy (non-hydrogen) atoms. The van der Waals surface area contributed by atoms with Crippen molar-refractivity contribution in [2.24, 2.45) is 0 Å². The standard InChI is InChI=1S/C26H27NO3/c1-18-10-11-27-23(13-18)6-4-12-30-24-9-8-19-14-20-5-2-3-7-25(20)22(17-26(28)29)15-21(19)16-24/h2-3,5,7-11,13,16,22H,4,6,12,14-15,17H2,1H3,(H,28,29). The Morgan fingerprint density at radius 2 is 1.97 bits per heavy atom. The van der Waals surface area contributed by atoms with E-state index in [9.17, 15) is 9.90 Å². The Bertz CT molecular complexity index is 1040. The number of carboxylic acids is 1. The van der Waals surface area contributed by atoms with Gasteiger partial charge >= 0.3 is 5.97 Å². The predicted octanol–water partition coefficient (Wildman–Crippen LogP) is 5.11. The van der Waals surface area contributed by atoms with Gasteiger partial charge in [0.15, 0.2) is 0 Å². The van der Waals surface area contributed by atoms with Crippen molar-refractivity contribution in [1.82, 2.24) is 4.98 Å². The molecule has 4 heteroatoms. The van der Waals surface area contributed by atoms with Crippen molar-refractivity contribution in [3.8, 4) is 5.75 Å². The number of aryl methyl sites for hydroxylation is 2. The first kappa shape index (κ1) is 20.1. The van der Waals surface area contributed by atoms with Gasteiger partial charge in [0.25, 0.3) is 0 Å². The summed E-state index contributed by atoms with van der Waals surface area (Å²) in [6.45, 7) is 2.71. The average molecular weight is 402 g/mol. The monoisotopic (exact) mass is 401 g/mol. The van der Waals surface area contributed by atoms with Gasteiger partial charge in [-0.15, -0.1) is 0 Å². The molecule has 154 valence electrons. The number of benzene rings is 2. The first-order valence-corrected chi connectivity index (χ1v) is 10.5. The smallest absolute Gasteiger partial charge is 0.303 e. The molecule has 1 atom stereocenters. The Kier molecular flexibility index (Phi) is 6.12. The second kappa shape index (κ2) is 9.12. The lowest BCUT2D eigenvalue weighted by Gasteiger charge is -2.16. The second-order valence-electron chi connectivity index (χ2n) is 8.08. The molecule has 1 N–H and O–H groups in total. The van der Waals surface area contributed by atoms with Gasteiger partial charge < -0.3 is 9.84 Å². The van der Waals surface area contributed by atoms with Crippen molar-refractivity contribution in [3.05, 3.63) is 94.3 Å². The summed E-state index contributed by atoms with van der Waals surface area (Å²) in [6, 6.07) is 18.6. The molecular weight excluding hydrogens is 374 g/mol. The third-order valence-corrected chi connectivity index (χ3v) is 5.76. The molecule has 0 saturated heterocycles. The lowest BCUT2D eigenvalue weighted by molar-refractivity contribution is -0.137. The molecule has 4 rings (SSSR count). The summed E-state index contributed by atoms with van der Waals surface area (Å²) in [7, 11) is 0. The molecule has 1 aliphatic carbocycles. The predicted molar refractivity (Wildman–Crippen MR) is 117 cm³/mol. The van der Waals surface area contributed by atoms with E-state index in [1.807, 2.05) is 30.5 Å². The number of carboxylic acid groups (broad SMARTS) is 1. The Morgan fingerprint density at radius 1 is 1.10 bits per heavy atom. The van der Waals surface area contributed by atoms with Crippen LogP contribution in [0.5, 0.6) is 5.75 Å². The minimum absolute atomic E-state index is 0.0115. The number of carbonyl (C=O) groups is 1. The van der Waals surface area contributed by atoms with Gasteiger partial charge in [-0.1, -0.05) is 30.3 Å². The van der Waals surface area contributed by atoms with Crippen molar-refractivity contribution in [2.45, 2.75) is 44.9 Å². The minimum atomic E-state index is -0.754. The van der Waals surface area contributed by atoms with E-state index >= 15 is 0 Å². The van der Waals surface area contributed by atoms with Crippen molar-refractivity contribution >= 4 is 5.97 Å². The highest BCUT2D eigenvalue weighted by Gasteiger charge is 2.24. The summed E-state index contributed by atoms with van der Waals surface area (Å²) in [4.78, 5) is 15.9. The molecular formula is C26H27NO3. The van der Waals surface area contributed by atoms with E-state index in [1.54, 1.807) is 0 Å². The van der Waals surface area contributed by atoms with Gasteiger partial charge in [-0.25, -0.2) is 0 Å². The van der Waals surface area contributed by atoms with Gasteiger partial charge in [-0.3, -0.25) is 9.78 Å². The van der Waals surface area contributed by atoms with Crippen LogP contribution in [0.4, 0.5) is 0 Å². The topological polar surface area (TPSA) is 59.4 Å². The number of pyridine rings is 1. The van der Waals surface area contributed by atoms with E-state index < -0.39 is 5.97 Å². The fourth-order valence-corrected chi connectivity index (χ4v) is 4.30. The lowest BCUT2D eigenvalue weighted by atomic mass is 9.89. The van der Waals surface area contributed by atoms with Crippen LogP contribution in [0.2, 0.25) is 0 Å². The van der Waals surface area contributed by atoms with Gasteiger partial charge in [0.1, 0.15) is 5.75 Å². The second-order valence-corrected chi connectivity index (χ2v) is 8.08. The van der Waals surface area contributed by atoms with E-state index in [0.29, 0.717) is 6.61 Å². The normalized spacial score (nSPS) is 15.0. The Balaban J connectivity index is 1.44. The average Bonchev–Trinajstić information content (AvgIpc) is 2.87. The van der Waals surface area contributed by atoms with Gasteiger partial charge in [0.2, 0.25) is 0 Å². The van der Waals surface area contributed by atoms with Crippen LogP contribution in [-0.4, -0.2) is 22.7 Å². The molecule has 1 aromatic heterocycles. The largest absolute Gasteiger partial charge is 0.494 e. The van der Waals surface area contributed by atoms with Crippen molar-refractivity contribution in [1.29, 1.82) is 0 Å². The summed E-state index contributed by atoms with van der Waals surface area (Å²) >= 11 is 0. The maximum absolute atomic E-state index is 11.5. The molecule has 4 nitrogen and oxygen atoms in total. The highest BCUT2D eigenvalue weighted by atomic mass is 16.5. The van der Waals surface area contributed by atoms with Crippen LogP contribution in [0.3, 0.4) is 0 Å². The number of ether oxygens (including phenoxy) is 1. The third-order valence-electron chi connectivity index (χ3n) is 5.76. The zero-order valence-corrected chi connectivity index (χ0v) is 17.3. The summed E-state index contributed by atoms with van der Waals surface area (Å²) in [5.74, 6) is 0.0870. The quantitative estimate of drug-likeness (QED) is 0.559. The molecule has 0 spiro atoms. The van der Waals surface area contributed by atoms with E-state index in [-0.39, 0.29) is 12.3 Å². The third kappa shape index (κ3) is 4.88. The Morgan fingerprint density at radius 3 is 2.80 bits per heavy atom. The number of nitrogens with zero attached hydrogens (tertiary/aromatic N) is 1. The highest BCUT2D eigenvalue weighted by Crippen LogP contribution is 2.35. The summed E-state index contributed by atoms with van der Waals surface area (Å²) in [5.41, 5.74) is 7.14. The van der Waals surface area contributed by atoms with Crippen molar-refractivity contribution in [3.63, 3.8) is 0 Å². The molecule has 1 heterocycles. The molecule has 0 fully saturated rings. The first-order chi connectivity index (χ1) is 14.6. The molecule has 0 saturated carbocycles. The number of aromatic nitrogens is 1. The van der Waals surface area contributed by atoms with E-state index in [4.69, 9.17) is 4.74 Å². The zero-order chi connectivity index (χ0) is 20.9. The number of rotatable bonds is 7. The maximum atomic E-state index is 11.5. The van der Waals surface area contributed by atoms with Crippen molar-refractivity contribution < 1.29 is 14.6 Å². The Labute approximate surface area is 177 Å².